The van der Waals surface area contributed by atoms with Crippen LogP contribution in [0.1, 0.15) is 51.9 Å². The lowest BCUT2D eigenvalue weighted by Crippen LogP contribution is -2.46. The first-order chi connectivity index (χ1) is 10.2. The minimum Gasteiger partial charge on any atom is -0.299 e. The number of nitrogens with one attached hydrogen (secondary N) is 1. The zero-order valence-electron chi connectivity index (χ0n) is 13.6. The van der Waals surface area contributed by atoms with Gasteiger partial charge >= 0.3 is 0 Å². The van der Waals surface area contributed by atoms with Gasteiger partial charge in [0.1, 0.15) is 5.54 Å². The summed E-state index contributed by atoms with van der Waals surface area (Å²) in [4.78, 5) is 5.31. The third-order valence-corrected chi connectivity index (χ3v) is 6.11. The van der Waals surface area contributed by atoms with Gasteiger partial charge in [-0.2, -0.15) is 5.26 Å². The minimum atomic E-state index is -0.252. The first-order valence-electron chi connectivity index (χ1n) is 8.80. The summed E-state index contributed by atoms with van der Waals surface area (Å²) in [6.07, 6.45) is 8.39. The fourth-order valence-electron chi connectivity index (χ4n) is 4.66. The van der Waals surface area contributed by atoms with Crippen molar-refractivity contribution in [3.8, 4) is 6.07 Å². The molecule has 2 aliphatic heterocycles. The van der Waals surface area contributed by atoms with Crippen molar-refractivity contribution in [2.24, 2.45) is 0 Å². The van der Waals surface area contributed by atoms with Gasteiger partial charge in [-0.25, -0.2) is 0 Å². The summed E-state index contributed by atoms with van der Waals surface area (Å²) in [5, 5.41) is 13.1. The van der Waals surface area contributed by atoms with E-state index in [4.69, 9.17) is 0 Å². The van der Waals surface area contributed by atoms with Gasteiger partial charge in [-0.1, -0.05) is 6.92 Å². The molecule has 2 heterocycles. The predicted molar refractivity (Wildman–Crippen MR) is 85.0 cm³/mol. The van der Waals surface area contributed by atoms with Crippen molar-refractivity contribution < 1.29 is 0 Å². The van der Waals surface area contributed by atoms with Crippen molar-refractivity contribution >= 4 is 0 Å². The highest BCUT2D eigenvalue weighted by Gasteiger charge is 2.43. The molecular formula is C17H30N4. The lowest BCUT2D eigenvalue weighted by Gasteiger charge is -2.32. The molecule has 0 radical (unpaired) electrons. The highest BCUT2D eigenvalue weighted by Crippen LogP contribution is 2.36. The smallest absolute Gasteiger partial charge is 0.108 e. The number of fused-ring (bicyclic) bond motifs is 2. The van der Waals surface area contributed by atoms with Crippen LogP contribution in [-0.2, 0) is 0 Å². The maximum atomic E-state index is 9.62. The average Bonchev–Trinajstić information content (AvgIpc) is 3.00. The molecule has 4 nitrogen and oxygen atoms in total. The molecule has 3 aliphatic rings. The number of hydrogen-bond acceptors (Lipinski definition) is 4. The molecule has 0 aromatic rings. The SMILES string of the molecule is CCCNC1(C#N)CCC(N2CCC3CCC(C2)N3C)C1. The summed E-state index contributed by atoms with van der Waals surface area (Å²) >= 11 is 0. The van der Waals surface area contributed by atoms with E-state index in [0.717, 1.165) is 37.9 Å². The zero-order chi connectivity index (χ0) is 14.9. The molecule has 2 bridgehead atoms. The third-order valence-electron chi connectivity index (χ3n) is 6.11. The summed E-state index contributed by atoms with van der Waals surface area (Å²) in [6, 6.07) is 4.76. The fourth-order valence-corrected chi connectivity index (χ4v) is 4.66. The Bertz CT molecular complexity index is 404. The summed E-state index contributed by atoms with van der Waals surface area (Å²) in [7, 11) is 2.31. The molecular weight excluding hydrogens is 260 g/mol. The number of hydrogen-bond donors (Lipinski definition) is 1. The summed E-state index contributed by atoms with van der Waals surface area (Å²) in [6.45, 7) is 5.58. The van der Waals surface area contributed by atoms with Crippen LogP contribution in [0.15, 0.2) is 0 Å². The molecule has 3 fully saturated rings. The summed E-state index contributed by atoms with van der Waals surface area (Å²) in [5.74, 6) is 0. The second kappa shape index (κ2) is 6.24. The Morgan fingerprint density at radius 3 is 2.76 bits per heavy atom. The van der Waals surface area contributed by atoms with Gasteiger partial charge in [0.05, 0.1) is 6.07 Å². The molecule has 1 aliphatic carbocycles. The summed E-state index contributed by atoms with van der Waals surface area (Å²) in [5.41, 5.74) is -0.252. The number of nitrogens with zero attached hydrogens (tertiary/aromatic N) is 3. The molecule has 1 N–H and O–H groups in total. The molecule has 21 heavy (non-hydrogen) atoms. The molecule has 4 unspecified atom stereocenters. The van der Waals surface area contributed by atoms with E-state index in [1.165, 1.54) is 38.8 Å². The van der Waals surface area contributed by atoms with E-state index >= 15 is 0 Å². The highest BCUT2D eigenvalue weighted by molar-refractivity contribution is 5.13. The molecule has 4 heteroatoms. The van der Waals surface area contributed by atoms with Crippen molar-refractivity contribution in [1.29, 1.82) is 5.26 Å². The van der Waals surface area contributed by atoms with Crippen LogP contribution in [0.2, 0.25) is 0 Å². The molecule has 3 rings (SSSR count). The number of rotatable bonds is 4. The van der Waals surface area contributed by atoms with Crippen molar-refractivity contribution in [2.75, 3.05) is 26.7 Å². The topological polar surface area (TPSA) is 42.3 Å². The first kappa shape index (κ1) is 15.3. The second-order valence-corrected chi connectivity index (χ2v) is 7.35. The quantitative estimate of drug-likeness (QED) is 0.859. The van der Waals surface area contributed by atoms with Gasteiger partial charge < -0.3 is 0 Å². The maximum Gasteiger partial charge on any atom is 0.108 e. The van der Waals surface area contributed by atoms with Crippen LogP contribution in [0.3, 0.4) is 0 Å². The minimum absolute atomic E-state index is 0.252. The van der Waals surface area contributed by atoms with Gasteiger partial charge in [-0.15, -0.1) is 0 Å². The highest BCUT2D eigenvalue weighted by atomic mass is 15.3. The van der Waals surface area contributed by atoms with Crippen LogP contribution in [-0.4, -0.2) is 60.1 Å². The number of likely N-dealkylation sites (tertiary alicyclic amines) is 1. The molecule has 0 aromatic heterocycles. The van der Waals surface area contributed by atoms with E-state index in [9.17, 15) is 5.26 Å². The summed E-state index contributed by atoms with van der Waals surface area (Å²) < 4.78 is 0. The Kier molecular flexibility index (Phi) is 4.54. The van der Waals surface area contributed by atoms with E-state index in [0.29, 0.717) is 6.04 Å². The maximum absolute atomic E-state index is 9.62. The van der Waals surface area contributed by atoms with Gasteiger partial charge in [0.25, 0.3) is 0 Å². The monoisotopic (exact) mass is 290 g/mol. The van der Waals surface area contributed by atoms with Crippen LogP contribution < -0.4 is 5.32 Å². The standard InChI is InChI=1S/C17H30N4/c1-3-9-19-17(13-18)8-6-15(11-17)21-10-7-14-4-5-16(12-21)20(14)2/h14-16,19H,3-12H2,1-2H3. The molecule has 0 spiro atoms. The van der Waals surface area contributed by atoms with Gasteiger partial charge in [-0.05, 0) is 65.1 Å². The van der Waals surface area contributed by atoms with E-state index < -0.39 is 0 Å². The fraction of sp³-hybridized carbons (Fsp3) is 0.941. The van der Waals surface area contributed by atoms with Gasteiger partial charge in [0, 0.05) is 24.7 Å². The molecule has 1 saturated carbocycles. The van der Waals surface area contributed by atoms with Gasteiger partial charge in [0.15, 0.2) is 0 Å². The molecule has 0 aromatic carbocycles. The Balaban J connectivity index is 1.62. The van der Waals surface area contributed by atoms with E-state index in [-0.39, 0.29) is 5.54 Å². The van der Waals surface area contributed by atoms with Crippen LogP contribution in [0.25, 0.3) is 0 Å². The number of likely N-dealkylation sites (N-methyl/N-ethyl adjacent to an activating group) is 1. The largest absolute Gasteiger partial charge is 0.299 e. The van der Waals surface area contributed by atoms with Crippen molar-refractivity contribution in [1.82, 2.24) is 15.1 Å². The number of nitriles is 1. The molecule has 0 amide bonds. The lowest BCUT2D eigenvalue weighted by molar-refractivity contribution is 0.168. The third kappa shape index (κ3) is 2.97. The Morgan fingerprint density at radius 1 is 1.19 bits per heavy atom. The zero-order valence-corrected chi connectivity index (χ0v) is 13.6. The second-order valence-electron chi connectivity index (χ2n) is 7.35. The Morgan fingerprint density at radius 2 is 2.00 bits per heavy atom. The van der Waals surface area contributed by atoms with E-state index in [1.54, 1.807) is 0 Å². The van der Waals surface area contributed by atoms with E-state index in [2.05, 4.69) is 35.2 Å². The average molecular weight is 290 g/mol. The van der Waals surface area contributed by atoms with Crippen LogP contribution in [0.5, 0.6) is 0 Å². The predicted octanol–water partition coefficient (Wildman–Crippen LogP) is 1.97. The van der Waals surface area contributed by atoms with Gasteiger partial charge in [-0.3, -0.25) is 15.1 Å². The first-order valence-corrected chi connectivity index (χ1v) is 8.80. The van der Waals surface area contributed by atoms with Gasteiger partial charge in [0.2, 0.25) is 0 Å². The van der Waals surface area contributed by atoms with Crippen LogP contribution >= 0.6 is 0 Å². The molecule has 118 valence electrons. The molecule has 2 saturated heterocycles. The van der Waals surface area contributed by atoms with Crippen LogP contribution in [0, 0.1) is 11.3 Å². The molecule has 4 atom stereocenters. The van der Waals surface area contributed by atoms with Crippen molar-refractivity contribution in [2.45, 2.75) is 75.5 Å². The van der Waals surface area contributed by atoms with E-state index in [1.807, 2.05) is 0 Å². The van der Waals surface area contributed by atoms with Crippen LogP contribution in [0.4, 0.5) is 0 Å². The van der Waals surface area contributed by atoms with Crippen molar-refractivity contribution in [3.05, 3.63) is 0 Å². The Hall–Kier alpha value is -0.630. The Labute approximate surface area is 129 Å². The van der Waals surface area contributed by atoms with Crippen molar-refractivity contribution in [3.63, 3.8) is 0 Å². The normalized spacial score (nSPS) is 41.1. The lowest BCUT2D eigenvalue weighted by atomic mass is 9.98.